The molecule has 0 radical (unpaired) electrons. The maximum Gasteiger partial charge on any atom is 0.307 e. The summed E-state index contributed by atoms with van der Waals surface area (Å²) < 4.78 is 0. The fourth-order valence-corrected chi connectivity index (χ4v) is 4.20. The fraction of sp³-hybridized carbons (Fsp3) is 0.471. The van der Waals surface area contributed by atoms with Crippen molar-refractivity contribution < 1.29 is 19.5 Å². The van der Waals surface area contributed by atoms with Crippen molar-refractivity contribution in [1.82, 2.24) is 10.9 Å². The van der Waals surface area contributed by atoms with E-state index in [9.17, 15) is 19.5 Å². The molecule has 6 nitrogen and oxygen atoms in total. The Bertz CT molecular complexity index is 661. The van der Waals surface area contributed by atoms with Gasteiger partial charge in [0.25, 0.3) is 0 Å². The van der Waals surface area contributed by atoms with Crippen LogP contribution in [0.3, 0.4) is 0 Å². The van der Waals surface area contributed by atoms with Gasteiger partial charge in [-0.2, -0.15) is 0 Å². The molecule has 0 spiro atoms. The molecule has 3 rings (SSSR count). The second-order valence-electron chi connectivity index (χ2n) is 6.56. The van der Waals surface area contributed by atoms with Gasteiger partial charge >= 0.3 is 5.97 Å². The van der Waals surface area contributed by atoms with Crippen molar-refractivity contribution in [3.05, 3.63) is 34.9 Å². The lowest BCUT2D eigenvalue weighted by atomic mass is 9.79. The van der Waals surface area contributed by atoms with Crippen molar-refractivity contribution in [2.24, 2.45) is 23.7 Å². The highest BCUT2D eigenvalue weighted by molar-refractivity contribution is 6.30. The first-order chi connectivity index (χ1) is 11.5. The van der Waals surface area contributed by atoms with Gasteiger partial charge in [0, 0.05) is 5.02 Å². The van der Waals surface area contributed by atoms with E-state index in [0.29, 0.717) is 5.02 Å². The summed E-state index contributed by atoms with van der Waals surface area (Å²) in [4.78, 5) is 35.7. The molecule has 0 unspecified atom stereocenters. The molecule has 3 N–H and O–H groups in total. The summed E-state index contributed by atoms with van der Waals surface area (Å²) >= 11 is 5.79. The number of amides is 2. The third kappa shape index (κ3) is 3.38. The van der Waals surface area contributed by atoms with Crippen molar-refractivity contribution in [2.75, 3.05) is 0 Å². The molecule has 2 aliphatic rings. The maximum atomic E-state index is 12.3. The molecule has 2 fully saturated rings. The quantitative estimate of drug-likeness (QED) is 0.721. The number of rotatable bonds is 4. The summed E-state index contributed by atoms with van der Waals surface area (Å²) in [7, 11) is 0. The second kappa shape index (κ2) is 6.81. The Labute approximate surface area is 144 Å². The highest BCUT2D eigenvalue weighted by atomic mass is 35.5. The van der Waals surface area contributed by atoms with Crippen molar-refractivity contribution >= 4 is 29.4 Å². The van der Waals surface area contributed by atoms with Gasteiger partial charge in [-0.3, -0.25) is 25.2 Å². The first-order valence-electron chi connectivity index (χ1n) is 8.01. The normalized spacial score (nSPS) is 27.7. The number of hydrogen-bond donors (Lipinski definition) is 3. The van der Waals surface area contributed by atoms with Gasteiger partial charge < -0.3 is 5.11 Å². The maximum absolute atomic E-state index is 12.3. The van der Waals surface area contributed by atoms with Crippen LogP contribution in [0.5, 0.6) is 0 Å². The minimum atomic E-state index is -0.921. The number of carbonyl (C=O) groups excluding carboxylic acids is 2. The van der Waals surface area contributed by atoms with Crippen LogP contribution < -0.4 is 10.9 Å². The Morgan fingerprint density at radius 1 is 1.04 bits per heavy atom. The standard InChI is InChI=1S/C17H19ClN2O4/c18-12-5-1-9(2-6-12)7-13(21)19-20-16(22)14-10-3-4-11(8-10)15(14)17(23)24/h1-2,5-6,10-11,14-15H,3-4,7-8H2,(H,19,21)(H,20,22)(H,23,24)/t10-,11+,14-,15+/m0/s1. The predicted molar refractivity (Wildman–Crippen MR) is 86.9 cm³/mol. The Kier molecular flexibility index (Phi) is 4.76. The zero-order chi connectivity index (χ0) is 17.3. The number of hydrazine groups is 1. The summed E-state index contributed by atoms with van der Waals surface area (Å²) in [5.74, 6) is -2.71. The highest BCUT2D eigenvalue weighted by Gasteiger charge is 2.54. The van der Waals surface area contributed by atoms with Crippen molar-refractivity contribution in [3.63, 3.8) is 0 Å². The smallest absolute Gasteiger partial charge is 0.307 e. The number of fused-ring (bicyclic) bond motifs is 2. The minimum absolute atomic E-state index is 0.0769. The largest absolute Gasteiger partial charge is 0.481 e. The van der Waals surface area contributed by atoms with E-state index in [4.69, 9.17) is 11.6 Å². The predicted octanol–water partition coefficient (Wildman–Crippen LogP) is 1.78. The van der Waals surface area contributed by atoms with E-state index in [1.807, 2.05) is 0 Å². The Morgan fingerprint density at radius 3 is 2.29 bits per heavy atom. The summed E-state index contributed by atoms with van der Waals surface area (Å²) in [6.45, 7) is 0. The zero-order valence-electron chi connectivity index (χ0n) is 13.0. The molecule has 2 bridgehead atoms. The molecule has 128 valence electrons. The van der Waals surface area contributed by atoms with Crippen LogP contribution in [0.1, 0.15) is 24.8 Å². The molecular formula is C17H19ClN2O4. The van der Waals surface area contributed by atoms with E-state index in [1.165, 1.54) is 0 Å². The number of benzene rings is 1. The number of carboxylic acids is 1. The Hall–Kier alpha value is -2.08. The number of carboxylic acid groups (broad SMARTS) is 1. The molecular weight excluding hydrogens is 332 g/mol. The van der Waals surface area contributed by atoms with Gasteiger partial charge in [0.15, 0.2) is 0 Å². The Morgan fingerprint density at radius 2 is 1.67 bits per heavy atom. The van der Waals surface area contributed by atoms with Crippen molar-refractivity contribution in [1.29, 1.82) is 0 Å². The van der Waals surface area contributed by atoms with E-state index < -0.39 is 23.7 Å². The third-order valence-corrected chi connectivity index (χ3v) is 5.36. The molecule has 2 amide bonds. The number of aliphatic carboxylic acids is 1. The van der Waals surface area contributed by atoms with Gasteiger partial charge in [0.2, 0.25) is 11.8 Å². The lowest BCUT2D eigenvalue weighted by Gasteiger charge is -2.26. The topological polar surface area (TPSA) is 95.5 Å². The molecule has 0 heterocycles. The average Bonchev–Trinajstić information content (AvgIpc) is 3.15. The monoisotopic (exact) mass is 350 g/mol. The molecule has 7 heteroatoms. The number of carbonyl (C=O) groups is 3. The van der Waals surface area contributed by atoms with Crippen LogP contribution in [-0.4, -0.2) is 22.9 Å². The molecule has 1 aromatic rings. The number of hydrogen-bond acceptors (Lipinski definition) is 3. The van der Waals surface area contributed by atoms with Crippen LogP contribution in [-0.2, 0) is 20.8 Å². The van der Waals surface area contributed by atoms with Crippen molar-refractivity contribution in [3.8, 4) is 0 Å². The van der Waals surface area contributed by atoms with Gasteiger partial charge in [-0.25, -0.2) is 0 Å². The van der Waals surface area contributed by atoms with Gasteiger partial charge in [0.1, 0.15) is 0 Å². The lowest BCUT2D eigenvalue weighted by molar-refractivity contribution is -0.149. The summed E-state index contributed by atoms with van der Waals surface area (Å²) in [5.41, 5.74) is 5.55. The van der Waals surface area contributed by atoms with Crippen LogP contribution in [0.4, 0.5) is 0 Å². The third-order valence-electron chi connectivity index (χ3n) is 5.11. The van der Waals surface area contributed by atoms with E-state index in [0.717, 1.165) is 24.8 Å². The highest BCUT2D eigenvalue weighted by Crippen LogP contribution is 2.52. The molecule has 1 aromatic carbocycles. The van der Waals surface area contributed by atoms with E-state index >= 15 is 0 Å². The average molecular weight is 351 g/mol. The van der Waals surface area contributed by atoms with Gasteiger partial charge in [0.05, 0.1) is 18.3 Å². The molecule has 2 aliphatic carbocycles. The summed E-state index contributed by atoms with van der Waals surface area (Å²) in [6.07, 6.45) is 2.64. The molecule has 0 aliphatic heterocycles. The second-order valence-corrected chi connectivity index (χ2v) is 7.00. The zero-order valence-corrected chi connectivity index (χ0v) is 13.8. The van der Waals surface area contributed by atoms with Crippen molar-refractivity contribution in [2.45, 2.75) is 25.7 Å². The molecule has 2 saturated carbocycles. The van der Waals surface area contributed by atoms with Crippen LogP contribution in [0.25, 0.3) is 0 Å². The van der Waals surface area contributed by atoms with Crippen LogP contribution in [0, 0.1) is 23.7 Å². The number of halogens is 1. The minimum Gasteiger partial charge on any atom is -0.481 e. The lowest BCUT2D eigenvalue weighted by Crippen LogP contribution is -2.49. The Balaban J connectivity index is 1.54. The molecule has 24 heavy (non-hydrogen) atoms. The SMILES string of the molecule is O=C(Cc1ccc(Cl)cc1)NNC(=O)[C@H]1[C@H]2CC[C@H](C2)[C@H]1C(=O)O. The van der Waals surface area contributed by atoms with E-state index in [1.54, 1.807) is 24.3 Å². The fourth-order valence-electron chi connectivity index (χ4n) is 4.07. The van der Waals surface area contributed by atoms with Gasteiger partial charge in [-0.1, -0.05) is 23.7 Å². The summed E-state index contributed by atoms with van der Waals surface area (Å²) in [6, 6.07) is 6.85. The van der Waals surface area contributed by atoms with E-state index in [-0.39, 0.29) is 24.2 Å². The molecule has 4 atom stereocenters. The van der Waals surface area contributed by atoms with E-state index in [2.05, 4.69) is 10.9 Å². The first-order valence-corrected chi connectivity index (χ1v) is 8.39. The van der Waals surface area contributed by atoms with Crippen LogP contribution in [0.15, 0.2) is 24.3 Å². The van der Waals surface area contributed by atoms with Crippen LogP contribution >= 0.6 is 11.6 Å². The van der Waals surface area contributed by atoms with Crippen LogP contribution in [0.2, 0.25) is 5.02 Å². The van der Waals surface area contributed by atoms with Gasteiger partial charge in [-0.05, 0) is 48.8 Å². The van der Waals surface area contributed by atoms with Gasteiger partial charge in [-0.15, -0.1) is 0 Å². The molecule has 0 saturated heterocycles. The number of nitrogens with one attached hydrogen (secondary N) is 2. The first kappa shape index (κ1) is 16.8. The summed E-state index contributed by atoms with van der Waals surface area (Å²) in [5, 5.41) is 9.96. The molecule has 0 aromatic heterocycles.